The SMILES string of the molecule is CNCC1CCN(C(=O)CCc2cc(Cl)ccc2Br)CC1.Cl. The van der Waals surface area contributed by atoms with Gasteiger partial charge in [0, 0.05) is 29.0 Å². The molecule has 1 saturated heterocycles. The van der Waals surface area contributed by atoms with E-state index in [0.29, 0.717) is 17.4 Å². The highest BCUT2D eigenvalue weighted by atomic mass is 79.9. The highest BCUT2D eigenvalue weighted by Crippen LogP contribution is 2.23. The maximum atomic E-state index is 12.3. The molecule has 0 atom stereocenters. The van der Waals surface area contributed by atoms with Crippen LogP contribution in [-0.4, -0.2) is 37.5 Å². The van der Waals surface area contributed by atoms with E-state index >= 15 is 0 Å². The molecule has 0 spiro atoms. The molecule has 1 aromatic rings. The van der Waals surface area contributed by atoms with E-state index in [4.69, 9.17) is 11.6 Å². The van der Waals surface area contributed by atoms with Crippen molar-refractivity contribution in [2.24, 2.45) is 5.92 Å². The van der Waals surface area contributed by atoms with Crippen molar-refractivity contribution in [3.8, 4) is 0 Å². The third-order valence-corrected chi connectivity index (χ3v) is 5.08. The first-order valence-corrected chi connectivity index (χ1v) is 8.63. The van der Waals surface area contributed by atoms with Gasteiger partial charge in [-0.05, 0) is 62.5 Å². The van der Waals surface area contributed by atoms with Gasteiger partial charge in [0.15, 0.2) is 0 Å². The van der Waals surface area contributed by atoms with E-state index in [9.17, 15) is 4.79 Å². The van der Waals surface area contributed by atoms with Crippen LogP contribution in [0.25, 0.3) is 0 Å². The molecule has 1 fully saturated rings. The summed E-state index contributed by atoms with van der Waals surface area (Å²) in [5.41, 5.74) is 1.10. The number of carbonyl (C=O) groups excluding carboxylic acids is 1. The van der Waals surface area contributed by atoms with Gasteiger partial charge >= 0.3 is 0 Å². The first kappa shape index (κ1) is 19.8. The van der Waals surface area contributed by atoms with Crippen LogP contribution in [0.1, 0.15) is 24.8 Å². The molecule has 22 heavy (non-hydrogen) atoms. The normalized spacial score (nSPS) is 15.5. The van der Waals surface area contributed by atoms with Gasteiger partial charge in [0.1, 0.15) is 0 Å². The Bertz CT molecular complexity index is 491. The molecule has 0 unspecified atom stereocenters. The number of rotatable bonds is 5. The second-order valence-electron chi connectivity index (χ2n) is 5.62. The number of halogens is 3. The highest BCUT2D eigenvalue weighted by molar-refractivity contribution is 9.10. The van der Waals surface area contributed by atoms with Crippen molar-refractivity contribution in [3.05, 3.63) is 33.3 Å². The molecule has 1 amide bonds. The van der Waals surface area contributed by atoms with E-state index in [1.807, 2.05) is 30.1 Å². The van der Waals surface area contributed by atoms with Crippen molar-refractivity contribution < 1.29 is 4.79 Å². The Labute approximate surface area is 152 Å². The van der Waals surface area contributed by atoms with Gasteiger partial charge in [0.25, 0.3) is 0 Å². The van der Waals surface area contributed by atoms with Crippen molar-refractivity contribution in [2.45, 2.75) is 25.7 Å². The number of hydrogen-bond donors (Lipinski definition) is 1. The summed E-state index contributed by atoms with van der Waals surface area (Å²) in [7, 11) is 1.99. The lowest BCUT2D eigenvalue weighted by molar-refractivity contribution is -0.132. The van der Waals surface area contributed by atoms with Gasteiger partial charge in [-0.1, -0.05) is 27.5 Å². The Hall–Kier alpha value is -0.290. The van der Waals surface area contributed by atoms with E-state index in [1.54, 1.807) is 0 Å². The third-order valence-electron chi connectivity index (χ3n) is 4.08. The molecule has 124 valence electrons. The second-order valence-corrected chi connectivity index (χ2v) is 6.91. The fourth-order valence-corrected chi connectivity index (χ4v) is 3.45. The summed E-state index contributed by atoms with van der Waals surface area (Å²) in [6, 6.07) is 5.72. The molecule has 1 heterocycles. The van der Waals surface area contributed by atoms with Crippen LogP contribution in [0, 0.1) is 5.92 Å². The van der Waals surface area contributed by atoms with Crippen LogP contribution in [0.15, 0.2) is 22.7 Å². The lowest BCUT2D eigenvalue weighted by Gasteiger charge is -2.32. The smallest absolute Gasteiger partial charge is 0.222 e. The van der Waals surface area contributed by atoms with Gasteiger partial charge in [-0.25, -0.2) is 0 Å². The molecule has 0 bridgehead atoms. The second kappa shape index (κ2) is 9.76. The standard InChI is InChI=1S/C16H22BrClN2O.ClH/c1-19-11-12-6-8-20(9-7-12)16(21)5-2-13-10-14(18)3-4-15(13)17;/h3-4,10,12,19H,2,5-9,11H2,1H3;1H. The number of hydrogen-bond acceptors (Lipinski definition) is 2. The fraction of sp³-hybridized carbons (Fsp3) is 0.562. The molecule has 1 N–H and O–H groups in total. The van der Waals surface area contributed by atoms with E-state index in [2.05, 4.69) is 21.2 Å². The fourth-order valence-electron chi connectivity index (χ4n) is 2.81. The van der Waals surface area contributed by atoms with Gasteiger partial charge in [-0.15, -0.1) is 12.4 Å². The van der Waals surface area contributed by atoms with Crippen molar-refractivity contribution in [2.75, 3.05) is 26.7 Å². The number of aryl methyl sites for hydroxylation is 1. The van der Waals surface area contributed by atoms with Crippen LogP contribution in [0.3, 0.4) is 0 Å². The van der Waals surface area contributed by atoms with Gasteiger partial charge in [-0.3, -0.25) is 4.79 Å². The molecule has 0 saturated carbocycles. The summed E-state index contributed by atoms with van der Waals surface area (Å²) in [5, 5.41) is 3.93. The van der Waals surface area contributed by atoms with Crippen LogP contribution in [-0.2, 0) is 11.2 Å². The Morgan fingerprint density at radius 2 is 2.09 bits per heavy atom. The lowest BCUT2D eigenvalue weighted by atomic mass is 9.96. The van der Waals surface area contributed by atoms with E-state index < -0.39 is 0 Å². The van der Waals surface area contributed by atoms with Crippen LogP contribution in [0.4, 0.5) is 0 Å². The van der Waals surface area contributed by atoms with Crippen molar-refractivity contribution in [1.82, 2.24) is 10.2 Å². The quantitative estimate of drug-likeness (QED) is 0.799. The summed E-state index contributed by atoms with van der Waals surface area (Å²) >= 11 is 9.52. The summed E-state index contributed by atoms with van der Waals surface area (Å²) in [6.45, 7) is 2.83. The average Bonchev–Trinajstić information content (AvgIpc) is 2.49. The van der Waals surface area contributed by atoms with Crippen LogP contribution in [0.5, 0.6) is 0 Å². The average molecular weight is 410 g/mol. The number of piperidine rings is 1. The molecule has 2 rings (SSSR count). The van der Waals surface area contributed by atoms with Crippen molar-refractivity contribution in [3.63, 3.8) is 0 Å². The molecule has 0 radical (unpaired) electrons. The van der Waals surface area contributed by atoms with Crippen LogP contribution < -0.4 is 5.32 Å². The molecule has 1 aromatic carbocycles. The van der Waals surface area contributed by atoms with E-state index in [1.165, 1.54) is 0 Å². The number of nitrogens with zero attached hydrogens (tertiary/aromatic N) is 1. The zero-order valence-corrected chi connectivity index (χ0v) is 15.9. The number of carbonyl (C=O) groups is 1. The third kappa shape index (κ3) is 5.73. The molecular weight excluding hydrogens is 387 g/mol. The number of amides is 1. The minimum absolute atomic E-state index is 0. The minimum atomic E-state index is 0. The summed E-state index contributed by atoms with van der Waals surface area (Å²) < 4.78 is 1.02. The highest BCUT2D eigenvalue weighted by Gasteiger charge is 2.22. The Morgan fingerprint density at radius 3 is 2.73 bits per heavy atom. The van der Waals surface area contributed by atoms with E-state index in [-0.39, 0.29) is 18.3 Å². The monoisotopic (exact) mass is 408 g/mol. The van der Waals surface area contributed by atoms with Gasteiger partial charge in [-0.2, -0.15) is 0 Å². The lowest BCUT2D eigenvalue weighted by Crippen LogP contribution is -2.40. The van der Waals surface area contributed by atoms with Gasteiger partial charge < -0.3 is 10.2 Å². The number of benzene rings is 1. The molecule has 3 nitrogen and oxygen atoms in total. The van der Waals surface area contributed by atoms with Crippen molar-refractivity contribution >= 4 is 45.8 Å². The maximum absolute atomic E-state index is 12.3. The maximum Gasteiger partial charge on any atom is 0.222 e. The van der Waals surface area contributed by atoms with Crippen molar-refractivity contribution in [1.29, 1.82) is 0 Å². The topological polar surface area (TPSA) is 32.3 Å². The Morgan fingerprint density at radius 1 is 1.41 bits per heavy atom. The van der Waals surface area contributed by atoms with Crippen LogP contribution in [0.2, 0.25) is 5.02 Å². The predicted octanol–water partition coefficient (Wildman–Crippen LogP) is 3.91. The van der Waals surface area contributed by atoms with Gasteiger partial charge in [0.05, 0.1) is 0 Å². The molecule has 0 aliphatic carbocycles. The molecule has 6 heteroatoms. The van der Waals surface area contributed by atoms with Gasteiger partial charge in [0.2, 0.25) is 5.91 Å². The summed E-state index contributed by atoms with van der Waals surface area (Å²) in [6.07, 6.45) is 3.49. The Balaban J connectivity index is 0.00000242. The largest absolute Gasteiger partial charge is 0.343 e. The zero-order valence-electron chi connectivity index (χ0n) is 12.8. The summed E-state index contributed by atoms with van der Waals surface area (Å²) in [5.74, 6) is 0.964. The van der Waals surface area contributed by atoms with E-state index in [0.717, 1.165) is 48.9 Å². The molecular formula is C16H23BrCl2N2O. The first-order chi connectivity index (χ1) is 10.1. The predicted molar refractivity (Wildman–Crippen MR) is 98.0 cm³/mol. The molecule has 1 aliphatic heterocycles. The summed E-state index contributed by atoms with van der Waals surface area (Å²) in [4.78, 5) is 14.3. The molecule has 0 aromatic heterocycles. The first-order valence-electron chi connectivity index (χ1n) is 7.46. The minimum Gasteiger partial charge on any atom is -0.343 e. The van der Waals surface area contributed by atoms with Crippen LogP contribution >= 0.6 is 39.9 Å². The molecule has 1 aliphatic rings. The number of nitrogens with one attached hydrogen (secondary N) is 1. The zero-order chi connectivity index (χ0) is 15.2. The number of likely N-dealkylation sites (tertiary alicyclic amines) is 1. The Kier molecular flexibility index (Phi) is 8.77.